The van der Waals surface area contributed by atoms with E-state index in [4.69, 9.17) is 0 Å². The number of rotatable bonds is 5. The zero-order valence-electron chi connectivity index (χ0n) is 12.4. The van der Waals surface area contributed by atoms with Crippen molar-refractivity contribution in [2.75, 3.05) is 25.0 Å². The third-order valence-electron chi connectivity index (χ3n) is 3.62. The summed E-state index contributed by atoms with van der Waals surface area (Å²) >= 11 is 1.46. The van der Waals surface area contributed by atoms with Gasteiger partial charge in [0.25, 0.3) is 11.8 Å². The van der Waals surface area contributed by atoms with Crippen LogP contribution in [0.25, 0.3) is 0 Å². The number of hydrogen-bond acceptors (Lipinski definition) is 4. The molecule has 1 aliphatic heterocycles. The first kappa shape index (κ1) is 17.5. The second-order valence-electron chi connectivity index (χ2n) is 5.25. The molecule has 1 saturated heterocycles. The molecule has 23 heavy (non-hydrogen) atoms. The molecule has 0 spiro atoms. The molecule has 0 bridgehead atoms. The van der Waals surface area contributed by atoms with Gasteiger partial charge in [0.1, 0.15) is 0 Å². The van der Waals surface area contributed by atoms with Crippen molar-refractivity contribution < 1.29 is 9.59 Å². The standard InChI is InChI=1S/C16H17N3O2S.ClH/c20-15(12-5-6-22-10-12)19-14-4-2-1-3-13(14)16(21)18-9-11-7-17-8-11;/h1-6,10-11,17H,7-9H2,(H,18,21)(H,19,20);1H. The van der Waals surface area contributed by atoms with E-state index in [1.165, 1.54) is 11.3 Å². The SMILES string of the molecule is Cl.O=C(Nc1ccccc1C(=O)NCC1CNC1)c1ccsc1. The summed E-state index contributed by atoms with van der Waals surface area (Å²) in [4.78, 5) is 24.4. The van der Waals surface area contributed by atoms with Gasteiger partial charge >= 0.3 is 0 Å². The van der Waals surface area contributed by atoms with Crippen molar-refractivity contribution >= 4 is 41.2 Å². The maximum absolute atomic E-state index is 12.3. The van der Waals surface area contributed by atoms with Crippen molar-refractivity contribution in [3.8, 4) is 0 Å². The molecule has 0 radical (unpaired) electrons. The number of benzene rings is 1. The Balaban J connectivity index is 0.00000192. The van der Waals surface area contributed by atoms with E-state index in [0.717, 1.165) is 13.1 Å². The highest BCUT2D eigenvalue weighted by atomic mass is 35.5. The maximum atomic E-state index is 12.3. The first-order valence-electron chi connectivity index (χ1n) is 7.15. The number of nitrogens with one attached hydrogen (secondary N) is 3. The van der Waals surface area contributed by atoms with Crippen LogP contribution in [0.4, 0.5) is 5.69 Å². The quantitative estimate of drug-likeness (QED) is 0.774. The Bertz CT molecular complexity index is 672. The number of carbonyl (C=O) groups is 2. The Morgan fingerprint density at radius 2 is 1.96 bits per heavy atom. The van der Waals surface area contributed by atoms with Crippen LogP contribution in [0.2, 0.25) is 0 Å². The molecule has 2 heterocycles. The molecule has 7 heteroatoms. The lowest BCUT2D eigenvalue weighted by atomic mass is 10.0. The van der Waals surface area contributed by atoms with Crippen LogP contribution in [0, 0.1) is 5.92 Å². The fourth-order valence-electron chi connectivity index (χ4n) is 2.20. The van der Waals surface area contributed by atoms with E-state index in [2.05, 4.69) is 16.0 Å². The van der Waals surface area contributed by atoms with Crippen LogP contribution in [0.5, 0.6) is 0 Å². The van der Waals surface area contributed by atoms with Crippen LogP contribution in [0.1, 0.15) is 20.7 Å². The summed E-state index contributed by atoms with van der Waals surface area (Å²) in [6.07, 6.45) is 0. The summed E-state index contributed by atoms with van der Waals surface area (Å²) in [5.41, 5.74) is 1.61. The van der Waals surface area contributed by atoms with Gasteiger partial charge < -0.3 is 16.0 Å². The number of carbonyl (C=O) groups excluding carboxylic acids is 2. The van der Waals surface area contributed by atoms with E-state index in [9.17, 15) is 9.59 Å². The summed E-state index contributed by atoms with van der Waals surface area (Å²) in [7, 11) is 0. The van der Waals surface area contributed by atoms with E-state index in [1.54, 1.807) is 35.7 Å². The third kappa shape index (κ3) is 4.31. The fraction of sp³-hybridized carbons (Fsp3) is 0.250. The molecule has 0 aliphatic carbocycles. The summed E-state index contributed by atoms with van der Waals surface area (Å²) in [5, 5.41) is 12.5. The Kier molecular flexibility index (Phi) is 6.15. The highest BCUT2D eigenvalue weighted by Gasteiger charge is 2.19. The van der Waals surface area contributed by atoms with E-state index < -0.39 is 0 Å². The third-order valence-corrected chi connectivity index (χ3v) is 4.30. The minimum absolute atomic E-state index is 0. The van der Waals surface area contributed by atoms with Crippen molar-refractivity contribution in [2.45, 2.75) is 0 Å². The number of anilines is 1. The number of amides is 2. The van der Waals surface area contributed by atoms with Crippen LogP contribution >= 0.6 is 23.7 Å². The van der Waals surface area contributed by atoms with E-state index in [0.29, 0.717) is 29.3 Å². The van der Waals surface area contributed by atoms with Crippen LogP contribution in [0.15, 0.2) is 41.1 Å². The Hall–Kier alpha value is -1.89. The van der Waals surface area contributed by atoms with Crippen LogP contribution in [0.3, 0.4) is 0 Å². The predicted octanol–water partition coefficient (Wildman–Crippen LogP) is 2.37. The van der Waals surface area contributed by atoms with Gasteiger partial charge in [-0.2, -0.15) is 11.3 Å². The summed E-state index contributed by atoms with van der Waals surface area (Å²) in [6.45, 7) is 2.53. The molecule has 122 valence electrons. The van der Waals surface area contributed by atoms with Crippen molar-refractivity contribution in [1.82, 2.24) is 10.6 Å². The van der Waals surface area contributed by atoms with Crippen molar-refractivity contribution in [1.29, 1.82) is 0 Å². The van der Waals surface area contributed by atoms with Gasteiger partial charge in [-0.1, -0.05) is 12.1 Å². The van der Waals surface area contributed by atoms with Gasteiger partial charge in [-0.05, 0) is 23.6 Å². The highest BCUT2D eigenvalue weighted by Crippen LogP contribution is 2.17. The molecule has 3 N–H and O–H groups in total. The number of thiophene rings is 1. The van der Waals surface area contributed by atoms with Gasteiger partial charge in [0.05, 0.1) is 16.8 Å². The Labute approximate surface area is 144 Å². The zero-order valence-corrected chi connectivity index (χ0v) is 14.0. The average molecular weight is 352 g/mol. The first-order chi connectivity index (χ1) is 10.7. The number of hydrogen-bond donors (Lipinski definition) is 3. The number of halogens is 1. The van der Waals surface area contributed by atoms with Crippen molar-refractivity contribution in [3.63, 3.8) is 0 Å². The maximum Gasteiger partial charge on any atom is 0.256 e. The van der Waals surface area contributed by atoms with Crippen molar-refractivity contribution in [2.24, 2.45) is 5.92 Å². The second kappa shape index (κ2) is 8.10. The molecule has 5 nitrogen and oxygen atoms in total. The van der Waals surface area contributed by atoms with Crippen LogP contribution in [-0.4, -0.2) is 31.4 Å². The van der Waals surface area contributed by atoms with Gasteiger partial charge in [0.2, 0.25) is 0 Å². The minimum Gasteiger partial charge on any atom is -0.352 e. The fourth-order valence-corrected chi connectivity index (χ4v) is 2.84. The number of para-hydroxylation sites is 1. The molecule has 1 fully saturated rings. The van der Waals surface area contributed by atoms with Gasteiger partial charge in [-0.25, -0.2) is 0 Å². The second-order valence-corrected chi connectivity index (χ2v) is 6.03. The zero-order chi connectivity index (χ0) is 15.4. The molecule has 0 saturated carbocycles. The predicted molar refractivity (Wildman–Crippen MR) is 94.7 cm³/mol. The molecule has 1 aromatic heterocycles. The Morgan fingerprint density at radius 1 is 1.17 bits per heavy atom. The monoisotopic (exact) mass is 351 g/mol. The van der Waals surface area contributed by atoms with E-state index in [1.807, 2.05) is 5.38 Å². The lowest BCUT2D eigenvalue weighted by molar-refractivity contribution is 0.0943. The Morgan fingerprint density at radius 3 is 2.61 bits per heavy atom. The van der Waals surface area contributed by atoms with Crippen molar-refractivity contribution in [3.05, 3.63) is 52.2 Å². The summed E-state index contributed by atoms with van der Waals surface area (Å²) in [6, 6.07) is 8.81. The molecule has 1 aliphatic rings. The van der Waals surface area contributed by atoms with E-state index >= 15 is 0 Å². The van der Waals surface area contributed by atoms with Crippen LogP contribution < -0.4 is 16.0 Å². The first-order valence-corrected chi connectivity index (χ1v) is 8.10. The normalized spacial score (nSPS) is 13.6. The summed E-state index contributed by atoms with van der Waals surface area (Å²) < 4.78 is 0. The lowest BCUT2D eigenvalue weighted by Crippen LogP contribution is -2.48. The molecule has 0 unspecified atom stereocenters. The van der Waals surface area contributed by atoms with E-state index in [-0.39, 0.29) is 24.2 Å². The highest BCUT2D eigenvalue weighted by molar-refractivity contribution is 7.08. The molecule has 0 atom stereocenters. The van der Waals surface area contributed by atoms with Gasteiger partial charge in [-0.3, -0.25) is 9.59 Å². The van der Waals surface area contributed by atoms with Gasteiger partial charge in [0, 0.05) is 30.9 Å². The molecule has 2 amide bonds. The molecule has 1 aromatic carbocycles. The smallest absolute Gasteiger partial charge is 0.256 e. The molecular formula is C16H18ClN3O2S. The average Bonchev–Trinajstić information content (AvgIpc) is 3.00. The lowest BCUT2D eigenvalue weighted by Gasteiger charge is -2.27. The molecule has 3 rings (SSSR count). The summed E-state index contributed by atoms with van der Waals surface area (Å²) in [5.74, 6) is 0.134. The van der Waals surface area contributed by atoms with Gasteiger partial charge in [0.15, 0.2) is 0 Å². The topological polar surface area (TPSA) is 70.2 Å². The van der Waals surface area contributed by atoms with Gasteiger partial charge in [-0.15, -0.1) is 12.4 Å². The minimum atomic E-state index is -0.204. The van der Waals surface area contributed by atoms with Crippen LogP contribution in [-0.2, 0) is 0 Å². The largest absolute Gasteiger partial charge is 0.352 e. The molecular weight excluding hydrogens is 334 g/mol. The molecule has 2 aromatic rings.